The SMILES string of the molecule is CCN1CC2CC2(C2=CCC(N3CCSCC3)C=C2)C1. The summed E-state index contributed by atoms with van der Waals surface area (Å²) in [7, 11) is 0. The third kappa shape index (κ3) is 2.18. The Balaban J connectivity index is 1.41. The molecule has 3 unspecified atom stereocenters. The van der Waals surface area contributed by atoms with Crippen molar-refractivity contribution < 1.29 is 0 Å². The van der Waals surface area contributed by atoms with Gasteiger partial charge in [0.05, 0.1) is 0 Å². The minimum atomic E-state index is 0.565. The molecule has 3 heteroatoms. The molecule has 20 heavy (non-hydrogen) atoms. The van der Waals surface area contributed by atoms with Crippen molar-refractivity contribution >= 4 is 11.8 Å². The lowest BCUT2D eigenvalue weighted by Gasteiger charge is -2.34. The van der Waals surface area contributed by atoms with Crippen LogP contribution in [-0.4, -0.2) is 60.1 Å². The molecule has 2 heterocycles. The minimum absolute atomic E-state index is 0.565. The van der Waals surface area contributed by atoms with E-state index >= 15 is 0 Å². The molecule has 3 atom stereocenters. The van der Waals surface area contributed by atoms with Gasteiger partial charge in [-0.1, -0.05) is 25.2 Å². The third-order valence-corrected chi connectivity index (χ3v) is 6.77. The first-order chi connectivity index (χ1) is 9.82. The van der Waals surface area contributed by atoms with Crippen LogP contribution in [0.2, 0.25) is 0 Å². The fourth-order valence-electron chi connectivity index (χ4n) is 4.43. The summed E-state index contributed by atoms with van der Waals surface area (Å²) >= 11 is 2.11. The Hall–Kier alpha value is -0.250. The molecule has 0 amide bonds. The number of rotatable bonds is 3. The number of hydrogen-bond acceptors (Lipinski definition) is 3. The Morgan fingerprint density at radius 3 is 2.85 bits per heavy atom. The van der Waals surface area contributed by atoms with Crippen LogP contribution in [-0.2, 0) is 0 Å². The minimum Gasteiger partial charge on any atom is -0.302 e. The molecule has 4 rings (SSSR count). The standard InChI is InChI=1S/C17H26N2S/c1-2-18-12-15-11-17(15,13-18)14-3-5-16(6-4-14)19-7-9-20-10-8-19/h3-5,15-16H,2,6-13H2,1H3. The van der Waals surface area contributed by atoms with Gasteiger partial charge in [-0.05, 0) is 30.9 Å². The first-order valence-corrected chi connectivity index (χ1v) is 9.40. The molecule has 0 aromatic carbocycles. The highest BCUT2D eigenvalue weighted by atomic mass is 32.2. The first-order valence-electron chi connectivity index (χ1n) is 8.25. The van der Waals surface area contributed by atoms with Gasteiger partial charge in [0.2, 0.25) is 0 Å². The van der Waals surface area contributed by atoms with E-state index in [1.54, 1.807) is 5.57 Å². The van der Waals surface area contributed by atoms with Crippen molar-refractivity contribution in [3.05, 3.63) is 23.8 Å². The molecule has 2 aliphatic carbocycles. The maximum atomic E-state index is 2.68. The molecule has 4 aliphatic rings. The Morgan fingerprint density at radius 1 is 1.35 bits per heavy atom. The average molecular weight is 290 g/mol. The number of fused-ring (bicyclic) bond motifs is 1. The molecule has 0 aromatic rings. The summed E-state index contributed by atoms with van der Waals surface area (Å²) in [5, 5.41) is 0. The Morgan fingerprint density at radius 2 is 2.20 bits per heavy atom. The van der Waals surface area contributed by atoms with Crippen molar-refractivity contribution in [2.24, 2.45) is 11.3 Å². The summed E-state index contributed by atoms with van der Waals surface area (Å²) in [6, 6.07) is 0.678. The van der Waals surface area contributed by atoms with E-state index in [1.165, 1.54) is 57.1 Å². The lowest BCUT2D eigenvalue weighted by atomic mass is 9.88. The Kier molecular flexibility index (Phi) is 3.48. The smallest absolute Gasteiger partial charge is 0.0316 e. The highest BCUT2D eigenvalue weighted by molar-refractivity contribution is 7.99. The maximum absolute atomic E-state index is 2.68. The predicted molar refractivity (Wildman–Crippen MR) is 87.2 cm³/mol. The number of hydrogen-bond donors (Lipinski definition) is 0. The second kappa shape index (κ2) is 5.19. The largest absolute Gasteiger partial charge is 0.302 e. The van der Waals surface area contributed by atoms with Crippen LogP contribution in [0.1, 0.15) is 19.8 Å². The van der Waals surface area contributed by atoms with Gasteiger partial charge < -0.3 is 4.90 Å². The van der Waals surface area contributed by atoms with E-state index in [2.05, 4.69) is 46.7 Å². The molecule has 2 saturated heterocycles. The molecular weight excluding hydrogens is 264 g/mol. The second-order valence-corrected chi connectivity index (χ2v) is 8.08. The Labute approximate surface area is 127 Å². The van der Waals surface area contributed by atoms with Gasteiger partial charge in [-0.2, -0.15) is 11.8 Å². The van der Waals surface area contributed by atoms with Crippen LogP contribution in [0.15, 0.2) is 23.8 Å². The second-order valence-electron chi connectivity index (χ2n) is 6.85. The van der Waals surface area contributed by atoms with E-state index < -0.39 is 0 Å². The van der Waals surface area contributed by atoms with Crippen molar-refractivity contribution in [3.8, 4) is 0 Å². The zero-order valence-electron chi connectivity index (χ0n) is 12.6. The highest BCUT2D eigenvalue weighted by Crippen LogP contribution is 2.62. The van der Waals surface area contributed by atoms with Crippen LogP contribution in [0.5, 0.6) is 0 Å². The quantitative estimate of drug-likeness (QED) is 0.789. The van der Waals surface area contributed by atoms with E-state index in [-0.39, 0.29) is 0 Å². The summed E-state index contributed by atoms with van der Waals surface area (Å²) in [6.07, 6.45) is 10.3. The summed E-state index contributed by atoms with van der Waals surface area (Å²) in [4.78, 5) is 5.31. The number of nitrogens with zero attached hydrogens (tertiary/aromatic N) is 2. The van der Waals surface area contributed by atoms with Gasteiger partial charge in [0, 0.05) is 49.1 Å². The van der Waals surface area contributed by atoms with Crippen LogP contribution >= 0.6 is 11.8 Å². The number of likely N-dealkylation sites (tertiary alicyclic amines) is 1. The van der Waals surface area contributed by atoms with Gasteiger partial charge in [0.15, 0.2) is 0 Å². The molecule has 110 valence electrons. The van der Waals surface area contributed by atoms with Crippen LogP contribution < -0.4 is 0 Å². The lowest BCUT2D eigenvalue weighted by Crippen LogP contribution is -2.40. The van der Waals surface area contributed by atoms with E-state index in [1.807, 2.05) is 0 Å². The fourth-order valence-corrected chi connectivity index (χ4v) is 5.36. The molecule has 0 radical (unpaired) electrons. The number of thioether (sulfide) groups is 1. The predicted octanol–water partition coefficient (Wildman–Crippen LogP) is 2.63. The van der Waals surface area contributed by atoms with Gasteiger partial charge in [0.25, 0.3) is 0 Å². The molecule has 2 aliphatic heterocycles. The maximum Gasteiger partial charge on any atom is 0.0316 e. The van der Waals surface area contributed by atoms with Gasteiger partial charge >= 0.3 is 0 Å². The molecular formula is C17H26N2S. The molecule has 1 saturated carbocycles. The third-order valence-electron chi connectivity index (χ3n) is 5.83. The van der Waals surface area contributed by atoms with Crippen molar-refractivity contribution in [1.29, 1.82) is 0 Å². The zero-order valence-corrected chi connectivity index (χ0v) is 13.4. The van der Waals surface area contributed by atoms with Crippen molar-refractivity contribution in [1.82, 2.24) is 9.80 Å². The number of allylic oxidation sites excluding steroid dienone is 1. The van der Waals surface area contributed by atoms with Crippen LogP contribution in [0.3, 0.4) is 0 Å². The summed E-state index contributed by atoms with van der Waals surface area (Å²) < 4.78 is 0. The van der Waals surface area contributed by atoms with E-state index in [0.717, 1.165) is 5.92 Å². The highest BCUT2D eigenvalue weighted by Gasteiger charge is 2.60. The number of piperidine rings is 1. The fraction of sp³-hybridized carbons (Fsp3) is 0.765. The summed E-state index contributed by atoms with van der Waals surface area (Å²) in [5.41, 5.74) is 2.23. The van der Waals surface area contributed by atoms with Gasteiger partial charge in [0.1, 0.15) is 0 Å². The van der Waals surface area contributed by atoms with E-state index in [4.69, 9.17) is 0 Å². The lowest BCUT2D eigenvalue weighted by molar-refractivity contribution is 0.251. The topological polar surface area (TPSA) is 6.48 Å². The molecule has 0 bridgehead atoms. The molecule has 0 spiro atoms. The van der Waals surface area contributed by atoms with Gasteiger partial charge in [-0.25, -0.2) is 0 Å². The summed E-state index contributed by atoms with van der Waals surface area (Å²) in [6.45, 7) is 8.74. The monoisotopic (exact) mass is 290 g/mol. The molecule has 3 fully saturated rings. The van der Waals surface area contributed by atoms with Gasteiger partial charge in [-0.15, -0.1) is 0 Å². The van der Waals surface area contributed by atoms with Crippen LogP contribution in [0, 0.1) is 11.3 Å². The first kappa shape index (κ1) is 13.4. The van der Waals surface area contributed by atoms with Crippen molar-refractivity contribution in [2.75, 3.05) is 44.2 Å². The van der Waals surface area contributed by atoms with E-state index in [0.29, 0.717) is 11.5 Å². The average Bonchev–Trinajstić information content (AvgIpc) is 3.10. The summed E-state index contributed by atoms with van der Waals surface area (Å²) in [5.74, 6) is 3.60. The molecule has 2 nitrogen and oxygen atoms in total. The zero-order chi connectivity index (χ0) is 13.6. The molecule has 0 aromatic heterocycles. The van der Waals surface area contributed by atoms with Crippen LogP contribution in [0.4, 0.5) is 0 Å². The molecule has 0 N–H and O–H groups in total. The van der Waals surface area contributed by atoms with Crippen molar-refractivity contribution in [2.45, 2.75) is 25.8 Å². The van der Waals surface area contributed by atoms with E-state index in [9.17, 15) is 0 Å². The van der Waals surface area contributed by atoms with Crippen molar-refractivity contribution in [3.63, 3.8) is 0 Å². The van der Waals surface area contributed by atoms with Crippen LogP contribution in [0.25, 0.3) is 0 Å². The Bertz CT molecular complexity index is 438. The normalized spacial score (nSPS) is 41.5. The van der Waals surface area contributed by atoms with Gasteiger partial charge in [-0.3, -0.25) is 4.90 Å².